The molecule has 0 aliphatic heterocycles. The maximum Gasteiger partial charge on any atom is 0.200 e. The number of methoxy groups -OCH3 is 1. The fourth-order valence-corrected chi connectivity index (χ4v) is 3.02. The van der Waals surface area contributed by atoms with Crippen molar-refractivity contribution in [1.29, 1.82) is 0 Å². The lowest BCUT2D eigenvalue weighted by Crippen LogP contribution is -2.10. The van der Waals surface area contributed by atoms with Crippen LogP contribution in [0.4, 0.5) is 5.69 Å². The zero-order valence-corrected chi connectivity index (χ0v) is 14.2. The molecule has 6 nitrogen and oxygen atoms in total. The third-order valence-corrected chi connectivity index (χ3v) is 4.57. The zero-order chi connectivity index (χ0) is 16.7. The van der Waals surface area contributed by atoms with Gasteiger partial charge in [-0.15, -0.1) is 10.2 Å². The minimum absolute atomic E-state index is 0.143. The Labute approximate surface area is 140 Å². The van der Waals surface area contributed by atoms with Crippen molar-refractivity contribution in [2.24, 2.45) is 0 Å². The van der Waals surface area contributed by atoms with Gasteiger partial charge in [0.15, 0.2) is 0 Å². The van der Waals surface area contributed by atoms with Gasteiger partial charge in [-0.3, -0.25) is 0 Å². The summed E-state index contributed by atoms with van der Waals surface area (Å²) in [5.74, 6) is 1.49. The van der Waals surface area contributed by atoms with Crippen LogP contribution in [0.1, 0.15) is 48.5 Å². The van der Waals surface area contributed by atoms with E-state index in [1.807, 2.05) is 6.07 Å². The van der Waals surface area contributed by atoms with E-state index in [4.69, 9.17) is 4.74 Å². The van der Waals surface area contributed by atoms with E-state index in [-0.39, 0.29) is 6.04 Å². The van der Waals surface area contributed by atoms with Gasteiger partial charge in [-0.2, -0.15) is 9.61 Å². The average Bonchev–Trinajstić information content (AvgIpc) is 3.32. The van der Waals surface area contributed by atoms with Crippen LogP contribution < -0.4 is 10.1 Å². The number of aryl methyl sites for hydroxylation is 1. The van der Waals surface area contributed by atoms with Gasteiger partial charge in [-0.25, -0.2) is 0 Å². The summed E-state index contributed by atoms with van der Waals surface area (Å²) in [5, 5.41) is 16.4. The molecule has 1 saturated carbocycles. The lowest BCUT2D eigenvalue weighted by atomic mass is 10.0. The van der Waals surface area contributed by atoms with Crippen LogP contribution in [0.15, 0.2) is 30.6 Å². The van der Waals surface area contributed by atoms with E-state index in [0.717, 1.165) is 28.3 Å². The molecule has 1 aromatic carbocycles. The van der Waals surface area contributed by atoms with Gasteiger partial charge in [-0.05, 0) is 49.9 Å². The first kappa shape index (κ1) is 14.9. The molecule has 0 saturated heterocycles. The number of hydrogen-bond acceptors (Lipinski definition) is 5. The standard InChI is InChI=1S/C18H21N5O/c1-11-8-14(6-7-17(11)24-3)12(2)20-16-9-15(13-4-5-13)22-23-10-19-21-18(16)23/h6-10,12-13,20H,4-5H2,1-3H3. The van der Waals surface area contributed by atoms with Crippen molar-refractivity contribution in [3.63, 3.8) is 0 Å². The van der Waals surface area contributed by atoms with E-state index < -0.39 is 0 Å². The highest BCUT2D eigenvalue weighted by molar-refractivity contribution is 5.67. The van der Waals surface area contributed by atoms with Gasteiger partial charge in [0.05, 0.1) is 18.5 Å². The number of fused-ring (bicyclic) bond motifs is 1. The van der Waals surface area contributed by atoms with Crippen molar-refractivity contribution in [3.05, 3.63) is 47.4 Å². The Kier molecular flexibility index (Phi) is 3.59. The zero-order valence-electron chi connectivity index (χ0n) is 14.2. The second-order valence-electron chi connectivity index (χ2n) is 6.45. The van der Waals surface area contributed by atoms with Crippen molar-refractivity contribution in [2.75, 3.05) is 12.4 Å². The minimum atomic E-state index is 0.143. The van der Waals surface area contributed by atoms with Gasteiger partial charge in [0, 0.05) is 12.0 Å². The number of aromatic nitrogens is 4. The maximum atomic E-state index is 5.34. The summed E-state index contributed by atoms with van der Waals surface area (Å²) < 4.78 is 7.11. The second-order valence-corrected chi connectivity index (χ2v) is 6.45. The SMILES string of the molecule is COc1ccc(C(C)Nc2cc(C3CC3)nn3cnnc23)cc1C. The monoisotopic (exact) mass is 323 g/mol. The highest BCUT2D eigenvalue weighted by atomic mass is 16.5. The van der Waals surface area contributed by atoms with Crippen molar-refractivity contribution >= 4 is 11.3 Å². The first-order valence-electron chi connectivity index (χ1n) is 8.27. The summed E-state index contributed by atoms with van der Waals surface area (Å²) in [6.07, 6.45) is 4.09. The number of rotatable bonds is 5. The van der Waals surface area contributed by atoms with Crippen molar-refractivity contribution < 1.29 is 4.74 Å². The predicted molar refractivity (Wildman–Crippen MR) is 92.5 cm³/mol. The van der Waals surface area contributed by atoms with Gasteiger partial charge in [0.2, 0.25) is 5.65 Å². The Morgan fingerprint density at radius 3 is 2.83 bits per heavy atom. The summed E-state index contributed by atoms with van der Waals surface area (Å²) in [6, 6.07) is 8.52. The first-order chi connectivity index (χ1) is 11.7. The molecule has 0 bridgehead atoms. The molecule has 0 amide bonds. The van der Waals surface area contributed by atoms with Crippen LogP contribution in [0.2, 0.25) is 0 Å². The molecule has 1 atom stereocenters. The van der Waals surface area contributed by atoms with E-state index in [1.165, 1.54) is 18.4 Å². The molecule has 1 N–H and O–H groups in total. The largest absolute Gasteiger partial charge is 0.496 e. The van der Waals surface area contributed by atoms with E-state index in [2.05, 4.69) is 52.7 Å². The first-order valence-corrected chi connectivity index (χ1v) is 8.27. The van der Waals surface area contributed by atoms with E-state index >= 15 is 0 Å². The Hall–Kier alpha value is -2.63. The highest BCUT2D eigenvalue weighted by Crippen LogP contribution is 2.40. The topological polar surface area (TPSA) is 64.3 Å². The molecular weight excluding hydrogens is 302 g/mol. The van der Waals surface area contributed by atoms with Crippen LogP contribution in [0, 0.1) is 6.92 Å². The fraction of sp³-hybridized carbons (Fsp3) is 0.389. The number of nitrogens with zero attached hydrogens (tertiary/aromatic N) is 4. The molecule has 1 aliphatic carbocycles. The van der Waals surface area contributed by atoms with Gasteiger partial charge in [-0.1, -0.05) is 12.1 Å². The molecule has 0 spiro atoms. The lowest BCUT2D eigenvalue weighted by Gasteiger charge is -2.18. The molecule has 24 heavy (non-hydrogen) atoms. The Morgan fingerprint density at radius 2 is 2.12 bits per heavy atom. The second kappa shape index (κ2) is 5.78. The molecule has 6 heteroatoms. The molecule has 2 aromatic heterocycles. The van der Waals surface area contributed by atoms with Gasteiger partial charge < -0.3 is 10.1 Å². The van der Waals surface area contributed by atoms with Gasteiger partial charge in [0.1, 0.15) is 12.1 Å². The molecule has 4 rings (SSSR count). The quantitative estimate of drug-likeness (QED) is 0.778. The van der Waals surface area contributed by atoms with Crippen molar-refractivity contribution in [3.8, 4) is 5.75 Å². The number of nitrogens with one attached hydrogen (secondary N) is 1. The minimum Gasteiger partial charge on any atom is -0.496 e. The van der Waals surface area contributed by atoms with Crippen molar-refractivity contribution in [1.82, 2.24) is 19.8 Å². The van der Waals surface area contributed by atoms with Crippen LogP contribution in [0.25, 0.3) is 5.65 Å². The van der Waals surface area contributed by atoms with Gasteiger partial charge in [0.25, 0.3) is 0 Å². The van der Waals surface area contributed by atoms with Crippen LogP contribution in [-0.2, 0) is 0 Å². The normalized spacial score (nSPS) is 15.5. The number of hydrogen-bond donors (Lipinski definition) is 1. The summed E-state index contributed by atoms with van der Waals surface area (Å²) in [4.78, 5) is 0. The average molecular weight is 323 g/mol. The molecular formula is C18H21N5O. The molecule has 1 unspecified atom stereocenters. The van der Waals surface area contributed by atoms with Crippen LogP contribution in [0.5, 0.6) is 5.75 Å². The number of anilines is 1. The molecule has 124 valence electrons. The van der Waals surface area contributed by atoms with Gasteiger partial charge >= 0.3 is 0 Å². The van der Waals surface area contributed by atoms with E-state index in [1.54, 1.807) is 18.0 Å². The van der Waals surface area contributed by atoms with Crippen LogP contribution in [0.3, 0.4) is 0 Å². The lowest BCUT2D eigenvalue weighted by molar-refractivity contribution is 0.411. The molecule has 3 aromatic rings. The molecule has 1 aliphatic rings. The summed E-state index contributed by atoms with van der Waals surface area (Å²) in [5.41, 5.74) is 5.19. The number of benzene rings is 1. The van der Waals surface area contributed by atoms with E-state index in [9.17, 15) is 0 Å². The summed E-state index contributed by atoms with van der Waals surface area (Å²) in [7, 11) is 1.70. The van der Waals surface area contributed by atoms with Crippen LogP contribution in [-0.4, -0.2) is 26.9 Å². The number of ether oxygens (including phenoxy) is 1. The Bertz CT molecular complexity index is 884. The Balaban J connectivity index is 1.65. The highest BCUT2D eigenvalue weighted by Gasteiger charge is 2.27. The molecule has 2 heterocycles. The fourth-order valence-electron chi connectivity index (χ4n) is 3.02. The Morgan fingerprint density at radius 1 is 1.29 bits per heavy atom. The molecule has 1 fully saturated rings. The molecule has 0 radical (unpaired) electrons. The van der Waals surface area contributed by atoms with Crippen molar-refractivity contribution in [2.45, 2.75) is 38.6 Å². The maximum absolute atomic E-state index is 5.34. The summed E-state index contributed by atoms with van der Waals surface area (Å²) >= 11 is 0. The smallest absolute Gasteiger partial charge is 0.200 e. The predicted octanol–water partition coefficient (Wildman–Crippen LogP) is 3.49. The third-order valence-electron chi connectivity index (χ3n) is 4.57. The van der Waals surface area contributed by atoms with Crippen LogP contribution >= 0.6 is 0 Å². The van der Waals surface area contributed by atoms with E-state index in [0.29, 0.717) is 5.92 Å². The summed E-state index contributed by atoms with van der Waals surface area (Å²) in [6.45, 7) is 4.20. The third kappa shape index (κ3) is 2.68.